The molecule has 0 aliphatic heterocycles. The van der Waals surface area contributed by atoms with Crippen molar-refractivity contribution in [1.82, 2.24) is 0 Å². The van der Waals surface area contributed by atoms with Crippen molar-refractivity contribution in [2.24, 2.45) is 0 Å². The van der Waals surface area contributed by atoms with Crippen LogP contribution in [0.15, 0.2) is 48.5 Å². The average Bonchev–Trinajstić information content (AvgIpc) is 2.59. The van der Waals surface area contributed by atoms with E-state index in [-0.39, 0.29) is 0 Å². The Labute approximate surface area is 155 Å². The minimum absolute atomic E-state index is 0.392. The van der Waals surface area contributed by atoms with Gasteiger partial charge in [-0.25, -0.2) is 0 Å². The number of phenolic OH excluding ortho intramolecular Hbond substituents is 2. The van der Waals surface area contributed by atoms with Crippen molar-refractivity contribution >= 4 is 0 Å². The van der Waals surface area contributed by atoms with E-state index in [0.717, 1.165) is 35.1 Å². The first-order valence-corrected chi connectivity index (χ1v) is 8.99. The summed E-state index contributed by atoms with van der Waals surface area (Å²) < 4.78 is 0. The Morgan fingerprint density at radius 1 is 0.500 bits per heavy atom. The number of rotatable bonds is 4. The SMILES string of the molecule is Cc1cc(Cc2ccc(Cc3cc(C)c(O)c(C)c3)cc2)cc(C)c1O. The topological polar surface area (TPSA) is 40.5 Å². The molecule has 0 fully saturated rings. The summed E-state index contributed by atoms with van der Waals surface area (Å²) in [5, 5.41) is 19.8. The van der Waals surface area contributed by atoms with Crippen molar-refractivity contribution in [3.63, 3.8) is 0 Å². The highest BCUT2D eigenvalue weighted by atomic mass is 16.3. The maximum atomic E-state index is 9.91. The fraction of sp³-hybridized carbons (Fsp3) is 0.250. The lowest BCUT2D eigenvalue weighted by Crippen LogP contribution is -1.94. The molecule has 0 aromatic heterocycles. The van der Waals surface area contributed by atoms with Gasteiger partial charge in [0.05, 0.1) is 0 Å². The molecule has 0 aliphatic carbocycles. The summed E-state index contributed by atoms with van der Waals surface area (Å²) in [6.45, 7) is 7.76. The van der Waals surface area contributed by atoms with Gasteiger partial charge in [0.25, 0.3) is 0 Å². The van der Waals surface area contributed by atoms with E-state index < -0.39 is 0 Å². The van der Waals surface area contributed by atoms with E-state index in [1.807, 2.05) is 27.7 Å². The zero-order chi connectivity index (χ0) is 18.8. The van der Waals surface area contributed by atoms with E-state index in [1.54, 1.807) is 0 Å². The highest BCUT2D eigenvalue weighted by Gasteiger charge is 2.06. The first-order chi connectivity index (χ1) is 12.3. The molecule has 0 saturated heterocycles. The molecule has 0 bridgehead atoms. The van der Waals surface area contributed by atoms with E-state index in [1.165, 1.54) is 22.3 Å². The van der Waals surface area contributed by atoms with Gasteiger partial charge in [0.2, 0.25) is 0 Å². The zero-order valence-electron chi connectivity index (χ0n) is 15.9. The predicted molar refractivity (Wildman–Crippen MR) is 107 cm³/mol. The second kappa shape index (κ2) is 7.25. The lowest BCUT2D eigenvalue weighted by atomic mass is 9.97. The molecular weight excluding hydrogens is 320 g/mol. The molecule has 3 aromatic rings. The molecule has 0 unspecified atom stereocenters. The first-order valence-electron chi connectivity index (χ1n) is 8.99. The fourth-order valence-electron chi connectivity index (χ4n) is 3.54. The lowest BCUT2D eigenvalue weighted by Gasteiger charge is -2.10. The number of phenols is 2. The van der Waals surface area contributed by atoms with Crippen LogP contribution in [0.25, 0.3) is 0 Å². The van der Waals surface area contributed by atoms with Crippen molar-refractivity contribution < 1.29 is 10.2 Å². The minimum Gasteiger partial charge on any atom is -0.507 e. The minimum atomic E-state index is 0.392. The Bertz CT molecular complexity index is 812. The Morgan fingerprint density at radius 2 is 0.769 bits per heavy atom. The third kappa shape index (κ3) is 3.91. The zero-order valence-corrected chi connectivity index (χ0v) is 15.9. The molecule has 0 aliphatic rings. The maximum Gasteiger partial charge on any atom is 0.121 e. The van der Waals surface area contributed by atoms with E-state index in [0.29, 0.717) is 11.5 Å². The summed E-state index contributed by atoms with van der Waals surface area (Å²) in [5.41, 5.74) is 8.66. The number of hydrogen-bond acceptors (Lipinski definition) is 2. The van der Waals surface area contributed by atoms with Crippen LogP contribution in [0.3, 0.4) is 0 Å². The standard InChI is InChI=1S/C24H26O2/c1-15-9-21(10-16(2)23(15)25)13-19-5-7-20(8-6-19)14-22-11-17(3)24(26)18(4)12-22/h5-12,25-26H,13-14H2,1-4H3. The highest BCUT2D eigenvalue weighted by Crippen LogP contribution is 2.26. The average molecular weight is 346 g/mol. The summed E-state index contributed by atoms with van der Waals surface area (Å²) in [5.74, 6) is 0.784. The number of aryl methyl sites for hydroxylation is 4. The van der Waals surface area contributed by atoms with Gasteiger partial charge >= 0.3 is 0 Å². The predicted octanol–water partition coefficient (Wildman–Crippen LogP) is 5.51. The Morgan fingerprint density at radius 3 is 1.04 bits per heavy atom. The van der Waals surface area contributed by atoms with Gasteiger partial charge in [-0.05, 0) is 85.0 Å². The second-order valence-electron chi connectivity index (χ2n) is 7.33. The molecule has 134 valence electrons. The molecule has 2 nitrogen and oxygen atoms in total. The van der Waals surface area contributed by atoms with Crippen LogP contribution < -0.4 is 0 Å². The van der Waals surface area contributed by atoms with Gasteiger partial charge in [0.15, 0.2) is 0 Å². The largest absolute Gasteiger partial charge is 0.507 e. The molecule has 0 amide bonds. The summed E-state index contributed by atoms with van der Waals surface area (Å²) >= 11 is 0. The molecule has 2 N–H and O–H groups in total. The van der Waals surface area contributed by atoms with Gasteiger partial charge in [-0.3, -0.25) is 0 Å². The molecule has 3 rings (SSSR count). The van der Waals surface area contributed by atoms with Gasteiger partial charge in [-0.15, -0.1) is 0 Å². The Kier molecular flexibility index (Phi) is 5.03. The molecule has 0 atom stereocenters. The number of aromatic hydroxyl groups is 2. The van der Waals surface area contributed by atoms with Crippen LogP contribution in [-0.4, -0.2) is 10.2 Å². The molecular formula is C24H26O2. The summed E-state index contributed by atoms with van der Waals surface area (Å²) in [4.78, 5) is 0. The van der Waals surface area contributed by atoms with Crippen LogP contribution in [-0.2, 0) is 12.8 Å². The highest BCUT2D eigenvalue weighted by molar-refractivity contribution is 5.45. The van der Waals surface area contributed by atoms with Crippen LogP contribution in [0, 0.1) is 27.7 Å². The third-order valence-corrected chi connectivity index (χ3v) is 4.94. The van der Waals surface area contributed by atoms with Gasteiger partial charge in [0, 0.05) is 0 Å². The van der Waals surface area contributed by atoms with Crippen LogP contribution in [0.2, 0.25) is 0 Å². The van der Waals surface area contributed by atoms with Crippen LogP contribution >= 0.6 is 0 Å². The second-order valence-corrected chi connectivity index (χ2v) is 7.33. The molecule has 0 radical (unpaired) electrons. The fourth-order valence-corrected chi connectivity index (χ4v) is 3.54. The monoisotopic (exact) mass is 346 g/mol. The molecule has 0 heterocycles. The molecule has 3 aromatic carbocycles. The third-order valence-electron chi connectivity index (χ3n) is 4.94. The van der Waals surface area contributed by atoms with Crippen molar-refractivity contribution in [3.05, 3.63) is 93.0 Å². The van der Waals surface area contributed by atoms with Gasteiger partial charge < -0.3 is 10.2 Å². The quantitative estimate of drug-likeness (QED) is 0.653. The molecule has 0 spiro atoms. The lowest BCUT2D eigenvalue weighted by molar-refractivity contribution is 0.466. The van der Waals surface area contributed by atoms with Gasteiger partial charge in [-0.1, -0.05) is 48.5 Å². The summed E-state index contributed by atoms with van der Waals surface area (Å²) in [7, 11) is 0. The molecule has 0 saturated carbocycles. The van der Waals surface area contributed by atoms with Crippen molar-refractivity contribution in [3.8, 4) is 11.5 Å². The van der Waals surface area contributed by atoms with E-state index in [4.69, 9.17) is 0 Å². The van der Waals surface area contributed by atoms with Crippen LogP contribution in [0.1, 0.15) is 44.5 Å². The first kappa shape index (κ1) is 18.1. The van der Waals surface area contributed by atoms with Crippen LogP contribution in [0.4, 0.5) is 0 Å². The normalized spacial score (nSPS) is 10.9. The van der Waals surface area contributed by atoms with Crippen molar-refractivity contribution in [1.29, 1.82) is 0 Å². The number of hydrogen-bond donors (Lipinski definition) is 2. The van der Waals surface area contributed by atoms with E-state index in [9.17, 15) is 10.2 Å². The van der Waals surface area contributed by atoms with Crippen molar-refractivity contribution in [2.45, 2.75) is 40.5 Å². The summed E-state index contributed by atoms with van der Waals surface area (Å²) in [6, 6.07) is 16.9. The molecule has 26 heavy (non-hydrogen) atoms. The maximum absolute atomic E-state index is 9.91. The summed E-state index contributed by atoms with van der Waals surface area (Å²) in [6.07, 6.45) is 1.72. The van der Waals surface area contributed by atoms with E-state index >= 15 is 0 Å². The molecule has 2 heteroatoms. The Hall–Kier alpha value is -2.74. The number of benzene rings is 3. The van der Waals surface area contributed by atoms with Gasteiger partial charge in [-0.2, -0.15) is 0 Å². The van der Waals surface area contributed by atoms with E-state index in [2.05, 4.69) is 48.5 Å². The van der Waals surface area contributed by atoms with Crippen LogP contribution in [0.5, 0.6) is 11.5 Å². The van der Waals surface area contributed by atoms with Gasteiger partial charge in [0.1, 0.15) is 11.5 Å². The van der Waals surface area contributed by atoms with Crippen molar-refractivity contribution in [2.75, 3.05) is 0 Å². The smallest absolute Gasteiger partial charge is 0.121 e. The Balaban J connectivity index is 1.75.